The van der Waals surface area contributed by atoms with Crippen LogP contribution in [0.4, 0.5) is 0 Å². The van der Waals surface area contributed by atoms with E-state index in [-0.39, 0.29) is 17.9 Å². The number of amides is 2. The lowest BCUT2D eigenvalue weighted by Gasteiger charge is -2.26. The van der Waals surface area contributed by atoms with Crippen molar-refractivity contribution in [2.24, 2.45) is 0 Å². The van der Waals surface area contributed by atoms with E-state index in [0.717, 1.165) is 41.8 Å². The van der Waals surface area contributed by atoms with Crippen molar-refractivity contribution in [2.75, 3.05) is 6.54 Å². The normalized spacial score (nSPS) is 16.5. The van der Waals surface area contributed by atoms with Crippen LogP contribution >= 0.6 is 0 Å². The second kappa shape index (κ2) is 8.13. The third-order valence-corrected chi connectivity index (χ3v) is 4.92. The van der Waals surface area contributed by atoms with Crippen molar-refractivity contribution in [3.8, 4) is 0 Å². The third kappa shape index (κ3) is 4.28. The summed E-state index contributed by atoms with van der Waals surface area (Å²) in [6, 6.07) is 12.1. The van der Waals surface area contributed by atoms with Gasteiger partial charge in [0.2, 0.25) is 11.8 Å². The molecule has 5 heteroatoms. The van der Waals surface area contributed by atoms with Gasteiger partial charge in [0.25, 0.3) is 0 Å². The summed E-state index contributed by atoms with van der Waals surface area (Å²) in [4.78, 5) is 30.3. The monoisotopic (exact) mass is 351 g/mol. The van der Waals surface area contributed by atoms with Gasteiger partial charge in [-0.2, -0.15) is 0 Å². The molecule has 0 bridgehead atoms. The molecule has 2 aromatic rings. The summed E-state index contributed by atoms with van der Waals surface area (Å²) >= 11 is 0. The minimum atomic E-state index is -0.0758. The van der Waals surface area contributed by atoms with Crippen LogP contribution in [-0.4, -0.2) is 28.2 Å². The van der Waals surface area contributed by atoms with Gasteiger partial charge in [0.05, 0.1) is 24.7 Å². The first-order chi connectivity index (χ1) is 12.5. The van der Waals surface area contributed by atoms with E-state index >= 15 is 0 Å². The molecule has 0 radical (unpaired) electrons. The highest BCUT2D eigenvalue weighted by Crippen LogP contribution is 2.32. The fraction of sp³-hybridized carbons (Fsp3) is 0.381. The van der Waals surface area contributed by atoms with Gasteiger partial charge in [0.15, 0.2) is 0 Å². The van der Waals surface area contributed by atoms with Gasteiger partial charge in [-0.25, -0.2) is 0 Å². The molecule has 26 heavy (non-hydrogen) atoms. The standard InChI is InChI=1S/C21H25N3O2/c1-15-6-3-4-7-17(15)13-21(26)24-11-5-8-20(24)18-9-10-22-19(12-18)14-23-16(2)25/h3-4,6-7,9-10,12,20H,5,8,11,13-14H2,1-2H3,(H,23,25)/t20-/m1/s1. The van der Waals surface area contributed by atoms with E-state index in [1.807, 2.05) is 48.2 Å². The average molecular weight is 351 g/mol. The lowest BCUT2D eigenvalue weighted by molar-refractivity contribution is -0.131. The SMILES string of the molecule is CC(=O)NCc1cc([C@H]2CCCN2C(=O)Cc2ccccc2C)ccn1. The molecule has 2 heterocycles. The summed E-state index contributed by atoms with van der Waals surface area (Å²) in [5, 5.41) is 2.77. The van der Waals surface area contributed by atoms with Crippen LogP contribution in [-0.2, 0) is 22.6 Å². The fourth-order valence-corrected chi connectivity index (χ4v) is 3.50. The first-order valence-corrected chi connectivity index (χ1v) is 9.08. The number of aromatic nitrogens is 1. The molecule has 0 saturated carbocycles. The molecule has 2 amide bonds. The molecule has 0 spiro atoms. The fourth-order valence-electron chi connectivity index (χ4n) is 3.50. The number of aryl methyl sites for hydroxylation is 1. The Labute approximate surface area is 154 Å². The van der Waals surface area contributed by atoms with Crippen molar-refractivity contribution in [1.82, 2.24) is 15.2 Å². The Bertz CT molecular complexity index is 803. The molecule has 1 saturated heterocycles. The molecular formula is C21H25N3O2. The lowest BCUT2D eigenvalue weighted by atomic mass is 10.0. The number of benzene rings is 1. The zero-order chi connectivity index (χ0) is 18.5. The van der Waals surface area contributed by atoms with Gasteiger partial charge in [-0.3, -0.25) is 14.6 Å². The molecule has 5 nitrogen and oxygen atoms in total. The van der Waals surface area contributed by atoms with Crippen LogP contribution in [0, 0.1) is 6.92 Å². The number of carbonyl (C=O) groups excluding carboxylic acids is 2. The number of hydrogen-bond acceptors (Lipinski definition) is 3. The van der Waals surface area contributed by atoms with E-state index in [0.29, 0.717) is 13.0 Å². The summed E-state index contributed by atoms with van der Waals surface area (Å²) in [6.07, 6.45) is 4.17. The van der Waals surface area contributed by atoms with E-state index in [4.69, 9.17) is 0 Å². The molecule has 1 aliphatic heterocycles. The Morgan fingerprint density at radius 2 is 2.08 bits per heavy atom. The number of hydrogen-bond donors (Lipinski definition) is 1. The summed E-state index contributed by atoms with van der Waals surface area (Å²) < 4.78 is 0. The van der Waals surface area contributed by atoms with Crippen molar-refractivity contribution >= 4 is 11.8 Å². The Morgan fingerprint density at radius 1 is 1.27 bits per heavy atom. The van der Waals surface area contributed by atoms with Gasteiger partial charge in [0.1, 0.15) is 0 Å². The number of likely N-dealkylation sites (tertiary alicyclic amines) is 1. The van der Waals surface area contributed by atoms with Gasteiger partial charge in [0, 0.05) is 19.7 Å². The van der Waals surface area contributed by atoms with Crippen LogP contribution in [0.25, 0.3) is 0 Å². The first kappa shape index (κ1) is 18.1. The molecular weight excluding hydrogens is 326 g/mol. The molecule has 1 N–H and O–H groups in total. The highest BCUT2D eigenvalue weighted by Gasteiger charge is 2.30. The van der Waals surface area contributed by atoms with Gasteiger partial charge in [-0.15, -0.1) is 0 Å². The van der Waals surface area contributed by atoms with Crippen molar-refractivity contribution in [2.45, 2.75) is 45.7 Å². The Balaban J connectivity index is 1.73. The number of nitrogens with zero attached hydrogens (tertiary/aromatic N) is 2. The molecule has 1 aromatic carbocycles. The predicted octanol–water partition coefficient (Wildman–Crippen LogP) is 2.93. The molecule has 0 unspecified atom stereocenters. The quantitative estimate of drug-likeness (QED) is 0.901. The Hall–Kier alpha value is -2.69. The number of carbonyl (C=O) groups is 2. The minimum Gasteiger partial charge on any atom is -0.351 e. The van der Waals surface area contributed by atoms with Gasteiger partial charge < -0.3 is 10.2 Å². The zero-order valence-corrected chi connectivity index (χ0v) is 15.4. The van der Waals surface area contributed by atoms with E-state index < -0.39 is 0 Å². The highest BCUT2D eigenvalue weighted by atomic mass is 16.2. The average Bonchev–Trinajstić information content (AvgIpc) is 3.12. The Morgan fingerprint density at radius 3 is 2.85 bits per heavy atom. The minimum absolute atomic E-state index is 0.0758. The van der Waals surface area contributed by atoms with Gasteiger partial charge in [-0.1, -0.05) is 24.3 Å². The van der Waals surface area contributed by atoms with Crippen LogP contribution < -0.4 is 5.32 Å². The van der Waals surface area contributed by atoms with Gasteiger partial charge >= 0.3 is 0 Å². The summed E-state index contributed by atoms with van der Waals surface area (Å²) in [7, 11) is 0. The smallest absolute Gasteiger partial charge is 0.227 e. The van der Waals surface area contributed by atoms with Crippen molar-refractivity contribution in [3.63, 3.8) is 0 Å². The number of rotatable bonds is 5. The zero-order valence-electron chi connectivity index (χ0n) is 15.4. The number of pyridine rings is 1. The molecule has 1 atom stereocenters. The van der Waals surface area contributed by atoms with Gasteiger partial charge in [-0.05, 0) is 48.6 Å². The molecule has 1 aromatic heterocycles. The highest BCUT2D eigenvalue weighted by molar-refractivity contribution is 5.80. The molecule has 3 rings (SSSR count). The van der Waals surface area contributed by atoms with E-state index in [1.54, 1.807) is 6.20 Å². The summed E-state index contributed by atoms with van der Waals surface area (Å²) in [5.74, 6) is 0.0927. The first-order valence-electron chi connectivity index (χ1n) is 9.08. The maximum absolute atomic E-state index is 12.9. The summed E-state index contributed by atoms with van der Waals surface area (Å²) in [5.41, 5.74) is 4.15. The second-order valence-electron chi connectivity index (χ2n) is 6.84. The molecule has 1 aliphatic rings. The third-order valence-electron chi connectivity index (χ3n) is 4.92. The lowest BCUT2D eigenvalue weighted by Crippen LogP contribution is -2.32. The Kier molecular flexibility index (Phi) is 5.66. The predicted molar refractivity (Wildman–Crippen MR) is 100 cm³/mol. The number of nitrogens with one attached hydrogen (secondary N) is 1. The second-order valence-corrected chi connectivity index (χ2v) is 6.84. The largest absolute Gasteiger partial charge is 0.351 e. The van der Waals surface area contributed by atoms with E-state index in [1.165, 1.54) is 6.92 Å². The van der Waals surface area contributed by atoms with Crippen molar-refractivity contribution in [3.05, 3.63) is 65.0 Å². The van der Waals surface area contributed by atoms with Crippen molar-refractivity contribution < 1.29 is 9.59 Å². The van der Waals surface area contributed by atoms with Crippen molar-refractivity contribution in [1.29, 1.82) is 0 Å². The van der Waals surface area contributed by atoms with E-state index in [2.05, 4.69) is 10.3 Å². The van der Waals surface area contributed by atoms with Crippen LogP contribution in [0.2, 0.25) is 0 Å². The molecule has 136 valence electrons. The maximum atomic E-state index is 12.9. The van der Waals surface area contributed by atoms with Crippen LogP contribution in [0.15, 0.2) is 42.6 Å². The summed E-state index contributed by atoms with van der Waals surface area (Å²) in [6.45, 7) is 4.74. The molecule has 1 fully saturated rings. The topological polar surface area (TPSA) is 62.3 Å². The maximum Gasteiger partial charge on any atom is 0.227 e. The van der Waals surface area contributed by atoms with Crippen LogP contribution in [0.3, 0.4) is 0 Å². The van der Waals surface area contributed by atoms with E-state index in [9.17, 15) is 9.59 Å². The van der Waals surface area contributed by atoms with Crippen LogP contribution in [0.5, 0.6) is 0 Å². The van der Waals surface area contributed by atoms with Crippen LogP contribution in [0.1, 0.15) is 48.2 Å². The molecule has 0 aliphatic carbocycles.